The predicted octanol–water partition coefficient (Wildman–Crippen LogP) is 1.11. The molecule has 1 rings (SSSR count). The highest BCUT2D eigenvalue weighted by Crippen LogP contribution is 2.30. The number of nitrogens with one attached hydrogen (secondary N) is 1. The third-order valence-corrected chi connectivity index (χ3v) is 3.70. The quantitative estimate of drug-likeness (QED) is 0.558. The van der Waals surface area contributed by atoms with Crippen LogP contribution in [0.3, 0.4) is 0 Å². The zero-order chi connectivity index (χ0) is 18.5. The molecule has 7 heteroatoms. The molecule has 1 aliphatic heterocycles. The molecule has 2 atom stereocenters. The van der Waals surface area contributed by atoms with Crippen LogP contribution in [-0.2, 0) is 19.1 Å². The average Bonchev–Trinajstić information content (AvgIpc) is 2.85. The first-order chi connectivity index (χ1) is 11.1. The summed E-state index contributed by atoms with van der Waals surface area (Å²) in [4.78, 5) is 37.7. The van der Waals surface area contributed by atoms with Gasteiger partial charge in [0.2, 0.25) is 5.91 Å². The minimum atomic E-state index is -0.703. The second-order valence-electron chi connectivity index (χ2n) is 7.02. The molecule has 136 valence electrons. The van der Waals surface area contributed by atoms with Crippen LogP contribution in [0.25, 0.3) is 0 Å². The molecular formula is C17H28N2O5. The van der Waals surface area contributed by atoms with Crippen molar-refractivity contribution in [1.82, 2.24) is 10.2 Å². The summed E-state index contributed by atoms with van der Waals surface area (Å²) in [7, 11) is 0. The Kier molecular flexibility index (Phi) is 6.95. The fourth-order valence-electron chi connectivity index (χ4n) is 2.82. The molecule has 0 aromatic rings. The van der Waals surface area contributed by atoms with Crippen molar-refractivity contribution in [2.45, 2.75) is 71.1 Å². The van der Waals surface area contributed by atoms with E-state index in [2.05, 4.69) is 11.9 Å². The van der Waals surface area contributed by atoms with E-state index in [-0.39, 0.29) is 18.3 Å². The summed E-state index contributed by atoms with van der Waals surface area (Å²) >= 11 is 0. The predicted molar refractivity (Wildman–Crippen MR) is 88.8 cm³/mol. The van der Waals surface area contributed by atoms with Gasteiger partial charge in [0, 0.05) is 19.6 Å². The molecule has 24 heavy (non-hydrogen) atoms. The van der Waals surface area contributed by atoms with E-state index in [9.17, 15) is 14.4 Å². The summed E-state index contributed by atoms with van der Waals surface area (Å²) in [5.41, 5.74) is -0.712. The molecule has 1 heterocycles. The van der Waals surface area contributed by atoms with Crippen LogP contribution in [0.2, 0.25) is 0 Å². The van der Waals surface area contributed by atoms with Crippen LogP contribution in [-0.4, -0.2) is 52.1 Å². The van der Waals surface area contributed by atoms with Gasteiger partial charge < -0.3 is 20.1 Å². The normalized spacial score (nSPS) is 20.6. The largest absolute Gasteiger partial charge is 0.458 e. The Morgan fingerprint density at radius 3 is 2.42 bits per heavy atom. The number of nitrogens with zero attached hydrogens (tertiary/aromatic N) is 1. The van der Waals surface area contributed by atoms with Gasteiger partial charge in [0.05, 0.1) is 5.70 Å². The monoisotopic (exact) mass is 340 g/mol. The molecule has 1 fully saturated rings. The Morgan fingerprint density at radius 2 is 1.92 bits per heavy atom. The maximum Gasteiger partial charge on any atom is 0.329 e. The number of hydrogen-bond donors (Lipinski definition) is 2. The Labute approximate surface area is 143 Å². The number of carbonyl (C=O) groups excluding carboxylic acids is 3. The Balaban J connectivity index is 2.97. The van der Waals surface area contributed by atoms with Gasteiger partial charge in [-0.2, -0.15) is 0 Å². The average molecular weight is 340 g/mol. The maximum atomic E-state index is 12.7. The minimum absolute atomic E-state index is 0.0161. The first-order valence-corrected chi connectivity index (χ1v) is 8.19. The highest BCUT2D eigenvalue weighted by atomic mass is 16.6. The number of aliphatic hydroxyl groups excluding tert-OH is 1. The standard InChI is InChI=1S/C17H28N2O5/c1-11(18-12(2)21)15(22)19-13(7-6-10-20)8-9-14(19)16(23)24-17(3,4)5/h13-14,20H,1,6-10H2,2-5H3,(H,18,21)/t13-,14-/m0/s1. The fraction of sp³-hybridized carbons (Fsp3) is 0.706. The topological polar surface area (TPSA) is 95.9 Å². The SMILES string of the molecule is C=C(NC(C)=O)C(=O)N1[C@@H](CCCO)CC[C@H]1C(=O)OC(C)(C)C. The van der Waals surface area contributed by atoms with Crippen molar-refractivity contribution in [2.75, 3.05) is 6.61 Å². The third kappa shape index (κ3) is 5.63. The molecule has 0 aliphatic carbocycles. The number of aliphatic hydroxyl groups is 1. The zero-order valence-electron chi connectivity index (χ0n) is 14.9. The van der Waals surface area contributed by atoms with Gasteiger partial charge in [-0.25, -0.2) is 4.79 Å². The van der Waals surface area contributed by atoms with Crippen molar-refractivity contribution in [3.8, 4) is 0 Å². The van der Waals surface area contributed by atoms with Crippen LogP contribution >= 0.6 is 0 Å². The number of hydrogen-bond acceptors (Lipinski definition) is 5. The van der Waals surface area contributed by atoms with Crippen LogP contribution in [0.4, 0.5) is 0 Å². The van der Waals surface area contributed by atoms with Gasteiger partial charge >= 0.3 is 5.97 Å². The number of likely N-dealkylation sites (tertiary alicyclic amines) is 1. The highest BCUT2D eigenvalue weighted by molar-refractivity contribution is 5.99. The van der Waals surface area contributed by atoms with Crippen LogP contribution in [0.15, 0.2) is 12.3 Å². The van der Waals surface area contributed by atoms with Gasteiger partial charge in [-0.1, -0.05) is 6.58 Å². The van der Waals surface area contributed by atoms with E-state index in [4.69, 9.17) is 9.84 Å². The van der Waals surface area contributed by atoms with Crippen molar-refractivity contribution in [3.05, 3.63) is 12.3 Å². The van der Waals surface area contributed by atoms with E-state index in [1.165, 1.54) is 11.8 Å². The van der Waals surface area contributed by atoms with Gasteiger partial charge in [-0.15, -0.1) is 0 Å². The summed E-state index contributed by atoms with van der Waals surface area (Å²) in [6.07, 6.45) is 2.24. The van der Waals surface area contributed by atoms with E-state index in [0.29, 0.717) is 25.7 Å². The first kappa shape index (κ1) is 20.2. The van der Waals surface area contributed by atoms with E-state index in [1.54, 1.807) is 20.8 Å². The van der Waals surface area contributed by atoms with Crippen LogP contribution in [0.5, 0.6) is 0 Å². The minimum Gasteiger partial charge on any atom is -0.458 e. The molecule has 0 spiro atoms. The molecule has 1 aliphatic rings. The molecular weight excluding hydrogens is 312 g/mol. The summed E-state index contributed by atoms with van der Waals surface area (Å²) in [5, 5.41) is 11.4. The zero-order valence-corrected chi connectivity index (χ0v) is 14.9. The van der Waals surface area contributed by atoms with Crippen LogP contribution < -0.4 is 5.32 Å². The van der Waals surface area contributed by atoms with E-state index in [1.807, 2.05) is 0 Å². The molecule has 0 radical (unpaired) electrons. The second-order valence-corrected chi connectivity index (χ2v) is 7.02. The van der Waals surface area contributed by atoms with Crippen LogP contribution in [0, 0.1) is 0 Å². The van der Waals surface area contributed by atoms with Crippen molar-refractivity contribution >= 4 is 17.8 Å². The number of ether oxygens (including phenoxy) is 1. The Hall–Kier alpha value is -1.89. The number of rotatable bonds is 6. The summed E-state index contributed by atoms with van der Waals surface area (Å²) in [5.74, 6) is -1.34. The number of esters is 1. The summed E-state index contributed by atoms with van der Waals surface area (Å²) in [6.45, 7) is 10.2. The summed E-state index contributed by atoms with van der Waals surface area (Å²) < 4.78 is 5.42. The molecule has 7 nitrogen and oxygen atoms in total. The van der Waals surface area contributed by atoms with Crippen LogP contribution in [0.1, 0.15) is 53.4 Å². The molecule has 0 aromatic heterocycles. The Morgan fingerprint density at radius 1 is 1.29 bits per heavy atom. The van der Waals surface area contributed by atoms with Crippen molar-refractivity contribution < 1.29 is 24.2 Å². The Bertz CT molecular complexity index is 510. The lowest BCUT2D eigenvalue weighted by atomic mass is 10.1. The lowest BCUT2D eigenvalue weighted by Crippen LogP contribution is -2.49. The number of amides is 2. The maximum absolute atomic E-state index is 12.7. The lowest BCUT2D eigenvalue weighted by molar-refractivity contribution is -0.163. The molecule has 0 unspecified atom stereocenters. The highest BCUT2D eigenvalue weighted by Gasteiger charge is 2.43. The van der Waals surface area contributed by atoms with Gasteiger partial charge in [0.25, 0.3) is 5.91 Å². The molecule has 1 saturated heterocycles. The van der Waals surface area contributed by atoms with E-state index in [0.717, 1.165) is 0 Å². The van der Waals surface area contributed by atoms with Crippen molar-refractivity contribution in [2.24, 2.45) is 0 Å². The fourth-order valence-corrected chi connectivity index (χ4v) is 2.82. The van der Waals surface area contributed by atoms with Gasteiger partial charge in [-0.3, -0.25) is 9.59 Å². The van der Waals surface area contributed by atoms with Crippen molar-refractivity contribution in [1.29, 1.82) is 0 Å². The molecule has 0 aromatic carbocycles. The molecule has 0 bridgehead atoms. The number of carbonyl (C=O) groups is 3. The molecule has 0 saturated carbocycles. The lowest BCUT2D eigenvalue weighted by Gasteiger charge is -2.31. The third-order valence-electron chi connectivity index (χ3n) is 3.70. The van der Waals surface area contributed by atoms with Gasteiger partial charge in [0.15, 0.2) is 0 Å². The summed E-state index contributed by atoms with van der Waals surface area (Å²) in [6, 6.07) is -0.890. The molecule has 2 N–H and O–H groups in total. The molecule has 2 amide bonds. The first-order valence-electron chi connectivity index (χ1n) is 8.19. The smallest absolute Gasteiger partial charge is 0.329 e. The van der Waals surface area contributed by atoms with Gasteiger partial charge in [0.1, 0.15) is 11.6 Å². The van der Waals surface area contributed by atoms with E-state index < -0.39 is 29.4 Å². The van der Waals surface area contributed by atoms with Crippen molar-refractivity contribution in [3.63, 3.8) is 0 Å². The van der Waals surface area contributed by atoms with Gasteiger partial charge in [-0.05, 0) is 46.5 Å². The second kappa shape index (κ2) is 8.28. The van der Waals surface area contributed by atoms with E-state index >= 15 is 0 Å².